The van der Waals surface area contributed by atoms with E-state index in [0.717, 1.165) is 29.5 Å². The standard InChI is InChI=1S/C19H18O2/c20-18-8-4-7-17(13-18)19(21)16-11-9-15(10-12-16)14-5-2-1-3-6-14/h1-3,5-6,9-12,17H,4,7-8,13H2. The highest BCUT2D eigenvalue weighted by molar-refractivity contribution is 6.00. The first-order valence-electron chi connectivity index (χ1n) is 7.45. The van der Waals surface area contributed by atoms with Gasteiger partial charge in [0.2, 0.25) is 0 Å². The molecule has 3 rings (SSSR count). The van der Waals surface area contributed by atoms with Gasteiger partial charge in [0.1, 0.15) is 5.78 Å². The van der Waals surface area contributed by atoms with Crippen molar-refractivity contribution in [3.05, 3.63) is 60.2 Å². The van der Waals surface area contributed by atoms with Crippen molar-refractivity contribution in [1.29, 1.82) is 0 Å². The summed E-state index contributed by atoms with van der Waals surface area (Å²) in [5, 5.41) is 0. The molecule has 21 heavy (non-hydrogen) atoms. The predicted molar refractivity (Wildman–Crippen MR) is 83.2 cm³/mol. The van der Waals surface area contributed by atoms with Gasteiger partial charge >= 0.3 is 0 Å². The summed E-state index contributed by atoms with van der Waals surface area (Å²) in [5.74, 6) is 0.219. The molecule has 0 bridgehead atoms. The smallest absolute Gasteiger partial charge is 0.166 e. The Kier molecular flexibility index (Phi) is 3.96. The molecule has 1 fully saturated rings. The van der Waals surface area contributed by atoms with E-state index < -0.39 is 0 Å². The van der Waals surface area contributed by atoms with E-state index in [0.29, 0.717) is 12.8 Å². The monoisotopic (exact) mass is 278 g/mol. The molecule has 106 valence electrons. The van der Waals surface area contributed by atoms with Crippen LogP contribution in [0.4, 0.5) is 0 Å². The van der Waals surface area contributed by atoms with Gasteiger partial charge in [0.05, 0.1) is 0 Å². The van der Waals surface area contributed by atoms with Gasteiger partial charge in [0.15, 0.2) is 5.78 Å². The molecule has 1 saturated carbocycles. The highest BCUT2D eigenvalue weighted by atomic mass is 16.1. The first kappa shape index (κ1) is 13.7. The topological polar surface area (TPSA) is 34.1 Å². The molecule has 2 aromatic rings. The second kappa shape index (κ2) is 6.04. The van der Waals surface area contributed by atoms with Crippen molar-refractivity contribution >= 4 is 11.6 Å². The van der Waals surface area contributed by atoms with Crippen LogP contribution in [0.3, 0.4) is 0 Å². The quantitative estimate of drug-likeness (QED) is 0.785. The number of carbonyl (C=O) groups excluding carboxylic acids is 2. The summed E-state index contributed by atoms with van der Waals surface area (Å²) < 4.78 is 0. The highest BCUT2D eigenvalue weighted by Crippen LogP contribution is 2.26. The molecule has 1 unspecified atom stereocenters. The van der Waals surface area contributed by atoms with Gasteiger partial charge in [-0.3, -0.25) is 9.59 Å². The van der Waals surface area contributed by atoms with E-state index in [9.17, 15) is 9.59 Å². The highest BCUT2D eigenvalue weighted by Gasteiger charge is 2.26. The van der Waals surface area contributed by atoms with Gasteiger partial charge in [-0.15, -0.1) is 0 Å². The third-order valence-corrected chi connectivity index (χ3v) is 4.13. The van der Waals surface area contributed by atoms with Gasteiger partial charge in [-0.2, -0.15) is 0 Å². The molecule has 0 heterocycles. The Morgan fingerprint density at radius 2 is 1.57 bits per heavy atom. The minimum atomic E-state index is -0.117. The predicted octanol–water partition coefficient (Wildman–Crippen LogP) is 4.30. The average molecular weight is 278 g/mol. The van der Waals surface area contributed by atoms with Gasteiger partial charge in [-0.1, -0.05) is 54.6 Å². The summed E-state index contributed by atoms with van der Waals surface area (Å²) in [6.45, 7) is 0. The fourth-order valence-electron chi connectivity index (χ4n) is 2.94. The number of rotatable bonds is 3. The van der Waals surface area contributed by atoms with Gasteiger partial charge in [0, 0.05) is 24.3 Å². The minimum absolute atomic E-state index is 0.114. The lowest BCUT2D eigenvalue weighted by Crippen LogP contribution is -2.22. The summed E-state index contributed by atoms with van der Waals surface area (Å²) in [4.78, 5) is 23.9. The maximum absolute atomic E-state index is 12.4. The maximum Gasteiger partial charge on any atom is 0.166 e. The van der Waals surface area contributed by atoms with Crippen LogP contribution in [0.1, 0.15) is 36.0 Å². The van der Waals surface area contributed by atoms with Crippen LogP contribution < -0.4 is 0 Å². The van der Waals surface area contributed by atoms with E-state index in [1.165, 1.54) is 0 Å². The Labute approximate surface area is 124 Å². The summed E-state index contributed by atoms with van der Waals surface area (Å²) in [6, 6.07) is 17.8. The second-order valence-electron chi connectivity index (χ2n) is 5.64. The number of ketones is 2. The van der Waals surface area contributed by atoms with E-state index >= 15 is 0 Å². The van der Waals surface area contributed by atoms with Crippen LogP contribution in [0.25, 0.3) is 11.1 Å². The van der Waals surface area contributed by atoms with E-state index in [4.69, 9.17) is 0 Å². The first-order chi connectivity index (χ1) is 10.2. The van der Waals surface area contributed by atoms with Gasteiger partial charge in [-0.05, 0) is 24.0 Å². The van der Waals surface area contributed by atoms with Crippen molar-refractivity contribution in [3.8, 4) is 11.1 Å². The summed E-state index contributed by atoms with van der Waals surface area (Å²) >= 11 is 0. The largest absolute Gasteiger partial charge is 0.300 e. The summed E-state index contributed by atoms with van der Waals surface area (Å²) in [6.07, 6.45) is 2.73. The molecule has 0 radical (unpaired) electrons. The molecule has 2 nitrogen and oxygen atoms in total. The van der Waals surface area contributed by atoms with Gasteiger partial charge < -0.3 is 0 Å². The molecule has 0 N–H and O–H groups in total. The Morgan fingerprint density at radius 3 is 2.24 bits per heavy atom. The van der Waals surface area contributed by atoms with Crippen LogP contribution >= 0.6 is 0 Å². The zero-order chi connectivity index (χ0) is 14.7. The molecule has 1 aliphatic rings. The molecule has 0 aliphatic heterocycles. The van der Waals surface area contributed by atoms with Crippen LogP contribution in [0.15, 0.2) is 54.6 Å². The lowest BCUT2D eigenvalue weighted by atomic mass is 9.83. The lowest BCUT2D eigenvalue weighted by molar-refractivity contribution is -0.121. The number of hydrogen-bond acceptors (Lipinski definition) is 2. The first-order valence-corrected chi connectivity index (χ1v) is 7.45. The average Bonchev–Trinajstić information content (AvgIpc) is 2.55. The molecule has 2 heteroatoms. The lowest BCUT2D eigenvalue weighted by Gasteiger charge is -2.19. The Hall–Kier alpha value is -2.22. The Balaban J connectivity index is 1.78. The van der Waals surface area contributed by atoms with E-state index in [-0.39, 0.29) is 17.5 Å². The van der Waals surface area contributed by atoms with Crippen molar-refractivity contribution in [2.75, 3.05) is 0 Å². The number of hydrogen-bond donors (Lipinski definition) is 0. The van der Waals surface area contributed by atoms with Crippen molar-refractivity contribution in [2.24, 2.45) is 5.92 Å². The number of Topliss-reactive ketones (excluding diaryl/α,β-unsaturated/α-hetero) is 2. The van der Waals surface area contributed by atoms with Crippen LogP contribution in [0.5, 0.6) is 0 Å². The van der Waals surface area contributed by atoms with E-state index in [2.05, 4.69) is 12.1 Å². The molecule has 0 amide bonds. The molecular formula is C19H18O2. The van der Waals surface area contributed by atoms with E-state index in [1.54, 1.807) is 0 Å². The van der Waals surface area contributed by atoms with E-state index in [1.807, 2.05) is 42.5 Å². The molecule has 0 aromatic heterocycles. The molecule has 0 spiro atoms. The van der Waals surface area contributed by atoms with Crippen LogP contribution in [0, 0.1) is 5.92 Å². The maximum atomic E-state index is 12.4. The molecule has 1 atom stereocenters. The fourth-order valence-corrected chi connectivity index (χ4v) is 2.94. The molecule has 0 saturated heterocycles. The minimum Gasteiger partial charge on any atom is -0.300 e. The number of carbonyl (C=O) groups is 2. The third-order valence-electron chi connectivity index (χ3n) is 4.13. The second-order valence-corrected chi connectivity index (χ2v) is 5.64. The number of benzene rings is 2. The normalized spacial score (nSPS) is 18.5. The van der Waals surface area contributed by atoms with Crippen molar-refractivity contribution in [1.82, 2.24) is 0 Å². The SMILES string of the molecule is O=C1CCCC(C(=O)c2ccc(-c3ccccc3)cc2)C1. The fraction of sp³-hybridized carbons (Fsp3) is 0.263. The Bertz CT molecular complexity index is 641. The van der Waals surface area contributed by atoms with Gasteiger partial charge in [-0.25, -0.2) is 0 Å². The van der Waals surface area contributed by atoms with Crippen LogP contribution in [-0.2, 0) is 4.79 Å². The zero-order valence-corrected chi connectivity index (χ0v) is 11.9. The Morgan fingerprint density at radius 1 is 0.905 bits per heavy atom. The summed E-state index contributed by atoms with van der Waals surface area (Å²) in [7, 11) is 0. The molecule has 2 aromatic carbocycles. The van der Waals surface area contributed by atoms with Crippen LogP contribution in [-0.4, -0.2) is 11.6 Å². The molecular weight excluding hydrogens is 260 g/mol. The van der Waals surface area contributed by atoms with Crippen LogP contribution in [0.2, 0.25) is 0 Å². The summed E-state index contributed by atoms with van der Waals surface area (Å²) in [5.41, 5.74) is 2.96. The van der Waals surface area contributed by atoms with Crippen molar-refractivity contribution < 1.29 is 9.59 Å². The molecule has 1 aliphatic carbocycles. The third kappa shape index (κ3) is 3.10. The van der Waals surface area contributed by atoms with Crippen molar-refractivity contribution in [3.63, 3.8) is 0 Å². The van der Waals surface area contributed by atoms with Crippen molar-refractivity contribution in [2.45, 2.75) is 25.7 Å². The van der Waals surface area contributed by atoms with Gasteiger partial charge in [0.25, 0.3) is 0 Å². The zero-order valence-electron chi connectivity index (χ0n) is 11.9.